The Balaban J connectivity index is 1.83. The molecule has 0 saturated heterocycles. The van der Waals surface area contributed by atoms with Gasteiger partial charge in [0.2, 0.25) is 0 Å². The third-order valence-electron chi connectivity index (χ3n) is 4.38. The normalized spacial score (nSPS) is 16.5. The monoisotopic (exact) mass is 306 g/mol. The molecule has 0 aromatic heterocycles. The van der Waals surface area contributed by atoms with Crippen molar-refractivity contribution in [3.8, 4) is 0 Å². The van der Waals surface area contributed by atoms with Gasteiger partial charge in [-0.15, -0.1) is 0 Å². The summed E-state index contributed by atoms with van der Waals surface area (Å²) in [5.74, 6) is 1.21. The maximum absolute atomic E-state index is 3.58. The molecule has 0 spiro atoms. The van der Waals surface area contributed by atoms with Gasteiger partial charge in [-0.25, -0.2) is 0 Å². The van der Waals surface area contributed by atoms with E-state index in [9.17, 15) is 0 Å². The van der Waals surface area contributed by atoms with Gasteiger partial charge in [0.1, 0.15) is 0 Å². The molecule has 1 aromatic carbocycles. The van der Waals surface area contributed by atoms with Gasteiger partial charge in [-0.05, 0) is 24.7 Å². The molecule has 0 amide bonds. The van der Waals surface area contributed by atoms with E-state index in [0.717, 1.165) is 25.7 Å². The zero-order chi connectivity index (χ0) is 14.8. The Hall–Kier alpha value is -0.510. The van der Waals surface area contributed by atoms with Crippen molar-refractivity contribution in [2.75, 3.05) is 31.6 Å². The first kappa shape index (κ1) is 16.9. The van der Waals surface area contributed by atoms with Crippen LogP contribution in [-0.4, -0.2) is 42.6 Å². The fraction of sp³-hybridized carbons (Fsp3) is 0.667. The van der Waals surface area contributed by atoms with Crippen molar-refractivity contribution >= 4 is 11.8 Å². The molecular formula is C18H30N2S. The van der Waals surface area contributed by atoms with E-state index in [0.29, 0.717) is 0 Å². The third-order valence-corrected chi connectivity index (χ3v) is 4.99. The van der Waals surface area contributed by atoms with Crippen LogP contribution in [0.25, 0.3) is 0 Å². The topological polar surface area (TPSA) is 15.3 Å². The second kappa shape index (κ2) is 10.3. The van der Waals surface area contributed by atoms with E-state index in [1.54, 1.807) is 0 Å². The Morgan fingerprint density at radius 1 is 1.10 bits per heavy atom. The predicted molar refractivity (Wildman–Crippen MR) is 95.0 cm³/mol. The lowest BCUT2D eigenvalue weighted by Crippen LogP contribution is -2.40. The highest BCUT2D eigenvalue weighted by Crippen LogP contribution is 2.23. The molecule has 0 radical (unpaired) electrons. The smallest absolute Gasteiger partial charge is 0.0237 e. The zero-order valence-corrected chi connectivity index (χ0v) is 14.2. The second-order valence-electron chi connectivity index (χ2n) is 5.99. The Bertz CT molecular complexity index is 363. The summed E-state index contributed by atoms with van der Waals surface area (Å²) >= 11 is 1.92. The Labute approximate surface area is 134 Å². The van der Waals surface area contributed by atoms with Crippen LogP contribution in [-0.2, 0) is 6.54 Å². The molecule has 1 aliphatic carbocycles. The molecule has 1 fully saturated rings. The van der Waals surface area contributed by atoms with Crippen molar-refractivity contribution in [2.45, 2.75) is 44.7 Å². The van der Waals surface area contributed by atoms with Crippen LogP contribution in [0.4, 0.5) is 0 Å². The summed E-state index contributed by atoms with van der Waals surface area (Å²) in [5, 5.41) is 3.58. The molecule has 1 N–H and O–H groups in total. The number of nitrogens with zero attached hydrogens (tertiary/aromatic N) is 1. The summed E-state index contributed by atoms with van der Waals surface area (Å²) in [7, 11) is 0. The average molecular weight is 307 g/mol. The Kier molecular flexibility index (Phi) is 8.23. The number of nitrogens with one attached hydrogen (secondary N) is 1. The van der Waals surface area contributed by atoms with Crippen LogP contribution in [0.15, 0.2) is 30.3 Å². The van der Waals surface area contributed by atoms with Crippen LogP contribution < -0.4 is 5.32 Å². The van der Waals surface area contributed by atoms with E-state index in [-0.39, 0.29) is 0 Å². The minimum absolute atomic E-state index is 0.793. The lowest BCUT2D eigenvalue weighted by molar-refractivity contribution is 0.149. The molecule has 2 nitrogen and oxygen atoms in total. The van der Waals surface area contributed by atoms with Crippen LogP contribution in [0.5, 0.6) is 0 Å². The maximum Gasteiger partial charge on any atom is 0.0237 e. The fourth-order valence-electron chi connectivity index (χ4n) is 3.18. The second-order valence-corrected chi connectivity index (χ2v) is 6.98. The quantitative estimate of drug-likeness (QED) is 0.699. The van der Waals surface area contributed by atoms with E-state index in [1.165, 1.54) is 50.0 Å². The average Bonchev–Trinajstić information content (AvgIpc) is 2.55. The molecule has 3 heteroatoms. The Morgan fingerprint density at radius 2 is 1.86 bits per heavy atom. The number of hydrogen-bond acceptors (Lipinski definition) is 3. The molecule has 0 unspecified atom stereocenters. The molecule has 0 atom stereocenters. The van der Waals surface area contributed by atoms with E-state index in [1.807, 2.05) is 11.8 Å². The van der Waals surface area contributed by atoms with Gasteiger partial charge >= 0.3 is 0 Å². The molecule has 1 aliphatic rings. The van der Waals surface area contributed by atoms with Crippen LogP contribution in [0, 0.1) is 0 Å². The number of thioether (sulfide) groups is 1. The maximum atomic E-state index is 3.58. The van der Waals surface area contributed by atoms with Crippen LogP contribution in [0.2, 0.25) is 0 Å². The van der Waals surface area contributed by atoms with Crippen molar-refractivity contribution in [3.63, 3.8) is 0 Å². The molecule has 0 aliphatic heterocycles. The van der Waals surface area contributed by atoms with Gasteiger partial charge in [0.15, 0.2) is 0 Å². The zero-order valence-electron chi connectivity index (χ0n) is 13.4. The van der Waals surface area contributed by atoms with Gasteiger partial charge in [-0.2, -0.15) is 11.8 Å². The van der Waals surface area contributed by atoms with Crippen molar-refractivity contribution < 1.29 is 0 Å². The SMILES string of the molecule is CSCCNCCN(Cc1ccccc1)C1CCCCC1. The largest absolute Gasteiger partial charge is 0.315 e. The summed E-state index contributed by atoms with van der Waals surface area (Å²) in [6.45, 7) is 4.53. The molecule has 2 rings (SSSR count). The molecule has 0 heterocycles. The summed E-state index contributed by atoms with van der Waals surface area (Å²) in [6, 6.07) is 11.7. The van der Waals surface area contributed by atoms with Gasteiger partial charge in [0, 0.05) is 38.0 Å². The van der Waals surface area contributed by atoms with Crippen LogP contribution >= 0.6 is 11.8 Å². The van der Waals surface area contributed by atoms with Gasteiger partial charge < -0.3 is 5.32 Å². The highest BCUT2D eigenvalue weighted by Gasteiger charge is 2.20. The first-order valence-electron chi connectivity index (χ1n) is 8.38. The molecular weight excluding hydrogens is 276 g/mol. The predicted octanol–water partition coefficient (Wildman–Crippen LogP) is 3.77. The van der Waals surface area contributed by atoms with Gasteiger partial charge in [0.25, 0.3) is 0 Å². The van der Waals surface area contributed by atoms with Gasteiger partial charge in [-0.1, -0.05) is 49.6 Å². The van der Waals surface area contributed by atoms with E-state index in [2.05, 4.69) is 46.8 Å². The first-order chi connectivity index (χ1) is 10.4. The number of benzene rings is 1. The number of hydrogen-bond donors (Lipinski definition) is 1. The summed E-state index contributed by atoms with van der Waals surface area (Å²) in [6.07, 6.45) is 9.20. The molecule has 1 aromatic rings. The fourth-order valence-corrected chi connectivity index (χ4v) is 3.53. The summed E-state index contributed by atoms with van der Waals surface area (Å²) in [4.78, 5) is 2.71. The lowest BCUT2D eigenvalue weighted by Gasteiger charge is -2.34. The number of rotatable bonds is 9. The third kappa shape index (κ3) is 6.41. The van der Waals surface area contributed by atoms with Gasteiger partial charge in [0.05, 0.1) is 0 Å². The van der Waals surface area contributed by atoms with Crippen molar-refractivity contribution in [1.29, 1.82) is 0 Å². The summed E-state index contributed by atoms with van der Waals surface area (Å²) in [5.41, 5.74) is 1.45. The van der Waals surface area contributed by atoms with Crippen molar-refractivity contribution in [3.05, 3.63) is 35.9 Å². The summed E-state index contributed by atoms with van der Waals surface area (Å²) < 4.78 is 0. The Morgan fingerprint density at radius 3 is 2.57 bits per heavy atom. The lowest BCUT2D eigenvalue weighted by atomic mass is 9.94. The minimum Gasteiger partial charge on any atom is -0.315 e. The highest BCUT2D eigenvalue weighted by atomic mass is 32.2. The molecule has 0 bridgehead atoms. The standard InChI is InChI=1S/C18H30N2S/c1-21-15-13-19-12-14-20(18-10-6-3-7-11-18)16-17-8-4-2-5-9-17/h2,4-5,8-9,18-19H,3,6-7,10-16H2,1H3. The highest BCUT2D eigenvalue weighted by molar-refractivity contribution is 7.98. The van der Waals surface area contributed by atoms with Gasteiger partial charge in [-0.3, -0.25) is 4.90 Å². The molecule has 118 valence electrons. The van der Waals surface area contributed by atoms with E-state index < -0.39 is 0 Å². The molecule has 21 heavy (non-hydrogen) atoms. The first-order valence-corrected chi connectivity index (χ1v) is 9.77. The van der Waals surface area contributed by atoms with Crippen molar-refractivity contribution in [2.24, 2.45) is 0 Å². The van der Waals surface area contributed by atoms with Crippen molar-refractivity contribution in [1.82, 2.24) is 10.2 Å². The van der Waals surface area contributed by atoms with Crippen LogP contribution in [0.1, 0.15) is 37.7 Å². The minimum atomic E-state index is 0.793. The van der Waals surface area contributed by atoms with E-state index in [4.69, 9.17) is 0 Å². The van der Waals surface area contributed by atoms with Crippen LogP contribution in [0.3, 0.4) is 0 Å². The van der Waals surface area contributed by atoms with E-state index >= 15 is 0 Å². The molecule has 1 saturated carbocycles.